The molecule has 0 radical (unpaired) electrons. The van der Waals surface area contributed by atoms with E-state index in [0.717, 1.165) is 27.8 Å². The number of aromatic hydroxyl groups is 5. The SMILES string of the molecule is Oc1ccc(C=Cc2cc(O)cc3c2C(c2ccc(O)cc2)Cc2cc(O)cc(O)c2-3)cc1. The molecule has 1 unspecified atom stereocenters. The highest BCUT2D eigenvalue weighted by Crippen LogP contribution is 2.50. The lowest BCUT2D eigenvalue weighted by molar-refractivity contribution is 0.449. The fraction of sp³-hybridized carbons (Fsp3) is 0.0714. The van der Waals surface area contributed by atoms with E-state index >= 15 is 0 Å². The first kappa shape index (κ1) is 20.5. The van der Waals surface area contributed by atoms with E-state index in [1.165, 1.54) is 6.07 Å². The lowest BCUT2D eigenvalue weighted by Gasteiger charge is -2.31. The highest BCUT2D eigenvalue weighted by Gasteiger charge is 2.31. The Labute approximate surface area is 190 Å². The second-order valence-corrected chi connectivity index (χ2v) is 8.27. The van der Waals surface area contributed by atoms with Gasteiger partial charge in [0.2, 0.25) is 0 Å². The van der Waals surface area contributed by atoms with E-state index in [0.29, 0.717) is 17.5 Å². The fourth-order valence-corrected chi connectivity index (χ4v) is 4.62. The average molecular weight is 438 g/mol. The van der Waals surface area contributed by atoms with Gasteiger partial charge in [-0.05, 0) is 82.3 Å². The molecule has 5 rings (SSSR count). The standard InChI is InChI=1S/C28H22O5/c29-20-7-2-16(3-8-20)1-4-18-11-22(31)14-25-27(18)24(17-5-9-21(30)10-6-17)13-19-12-23(32)15-26(33)28(19)25/h1-12,14-15,24,29-33H,13H2. The molecule has 0 amide bonds. The lowest BCUT2D eigenvalue weighted by Crippen LogP contribution is -2.14. The van der Waals surface area contributed by atoms with Gasteiger partial charge < -0.3 is 25.5 Å². The van der Waals surface area contributed by atoms with Crippen LogP contribution in [0.2, 0.25) is 0 Å². The molecule has 4 aromatic carbocycles. The molecular formula is C28H22O5. The fourth-order valence-electron chi connectivity index (χ4n) is 4.62. The summed E-state index contributed by atoms with van der Waals surface area (Å²) in [6, 6.07) is 20.1. The van der Waals surface area contributed by atoms with Crippen molar-refractivity contribution in [3.8, 4) is 39.9 Å². The first-order valence-corrected chi connectivity index (χ1v) is 10.6. The Kier molecular flexibility index (Phi) is 4.94. The first-order chi connectivity index (χ1) is 15.9. The minimum Gasteiger partial charge on any atom is -0.508 e. The first-order valence-electron chi connectivity index (χ1n) is 10.6. The van der Waals surface area contributed by atoms with E-state index in [2.05, 4.69) is 0 Å². The molecule has 5 nitrogen and oxygen atoms in total. The Hall–Kier alpha value is -4.38. The van der Waals surface area contributed by atoms with Gasteiger partial charge in [0.05, 0.1) is 0 Å². The highest BCUT2D eigenvalue weighted by atomic mass is 16.3. The Morgan fingerprint density at radius 3 is 1.97 bits per heavy atom. The van der Waals surface area contributed by atoms with Crippen LogP contribution in [0.5, 0.6) is 28.7 Å². The topological polar surface area (TPSA) is 101 Å². The summed E-state index contributed by atoms with van der Waals surface area (Å²) in [6.07, 6.45) is 4.33. The van der Waals surface area contributed by atoms with Crippen LogP contribution in [0.1, 0.15) is 33.7 Å². The second kappa shape index (κ2) is 7.95. The number of benzene rings is 4. The molecule has 1 aliphatic rings. The minimum absolute atomic E-state index is 0.0215. The minimum atomic E-state index is -0.130. The van der Waals surface area contributed by atoms with Gasteiger partial charge in [-0.3, -0.25) is 0 Å². The van der Waals surface area contributed by atoms with Crippen molar-refractivity contribution in [1.82, 2.24) is 0 Å². The zero-order valence-electron chi connectivity index (χ0n) is 17.6. The van der Waals surface area contributed by atoms with Crippen LogP contribution >= 0.6 is 0 Å². The lowest BCUT2D eigenvalue weighted by atomic mass is 9.73. The number of phenolic OH excluding ortho intramolecular Hbond substituents is 5. The summed E-state index contributed by atoms with van der Waals surface area (Å²) in [6.45, 7) is 0. The average Bonchev–Trinajstić information content (AvgIpc) is 2.78. The Balaban J connectivity index is 1.73. The molecule has 33 heavy (non-hydrogen) atoms. The third kappa shape index (κ3) is 3.85. The van der Waals surface area contributed by atoms with E-state index in [9.17, 15) is 25.5 Å². The molecule has 4 aromatic rings. The number of hydrogen-bond acceptors (Lipinski definition) is 5. The van der Waals surface area contributed by atoms with Crippen LogP contribution in [0, 0.1) is 0 Å². The smallest absolute Gasteiger partial charge is 0.127 e. The molecule has 1 atom stereocenters. The monoisotopic (exact) mass is 438 g/mol. The Morgan fingerprint density at radius 1 is 0.636 bits per heavy atom. The second-order valence-electron chi connectivity index (χ2n) is 8.27. The molecular weight excluding hydrogens is 416 g/mol. The quantitative estimate of drug-likeness (QED) is 0.263. The van der Waals surface area contributed by atoms with E-state index in [1.54, 1.807) is 54.6 Å². The van der Waals surface area contributed by atoms with Gasteiger partial charge in [-0.15, -0.1) is 0 Å². The van der Waals surface area contributed by atoms with E-state index < -0.39 is 0 Å². The van der Waals surface area contributed by atoms with Gasteiger partial charge in [0.1, 0.15) is 28.7 Å². The van der Waals surface area contributed by atoms with Gasteiger partial charge in [-0.25, -0.2) is 0 Å². The molecule has 0 saturated heterocycles. The molecule has 0 bridgehead atoms. The number of phenols is 5. The molecule has 0 aliphatic heterocycles. The van der Waals surface area contributed by atoms with Crippen molar-refractivity contribution >= 4 is 12.2 Å². The van der Waals surface area contributed by atoms with Gasteiger partial charge in [-0.1, -0.05) is 36.4 Å². The van der Waals surface area contributed by atoms with Crippen LogP contribution in [-0.4, -0.2) is 25.5 Å². The number of rotatable bonds is 3. The number of fused-ring (bicyclic) bond motifs is 3. The van der Waals surface area contributed by atoms with Crippen LogP contribution in [0.25, 0.3) is 23.3 Å². The summed E-state index contributed by atoms with van der Waals surface area (Å²) >= 11 is 0. The zero-order chi connectivity index (χ0) is 23.1. The number of hydrogen-bond donors (Lipinski definition) is 5. The van der Waals surface area contributed by atoms with E-state index in [-0.39, 0.29) is 34.7 Å². The van der Waals surface area contributed by atoms with Gasteiger partial charge in [-0.2, -0.15) is 0 Å². The van der Waals surface area contributed by atoms with Crippen LogP contribution < -0.4 is 0 Å². The summed E-state index contributed by atoms with van der Waals surface area (Å²) in [5, 5.41) is 50.6. The van der Waals surface area contributed by atoms with Crippen molar-refractivity contribution in [2.75, 3.05) is 0 Å². The summed E-state index contributed by atoms with van der Waals surface area (Å²) in [7, 11) is 0. The molecule has 0 saturated carbocycles. The third-order valence-electron chi connectivity index (χ3n) is 6.07. The Morgan fingerprint density at radius 2 is 1.27 bits per heavy atom. The maximum absolute atomic E-state index is 10.7. The molecule has 164 valence electrons. The van der Waals surface area contributed by atoms with Gasteiger partial charge in [0.25, 0.3) is 0 Å². The van der Waals surface area contributed by atoms with Crippen molar-refractivity contribution in [3.05, 3.63) is 101 Å². The third-order valence-corrected chi connectivity index (χ3v) is 6.07. The zero-order valence-corrected chi connectivity index (χ0v) is 17.6. The maximum atomic E-state index is 10.7. The molecule has 5 heteroatoms. The Bertz CT molecular complexity index is 1370. The van der Waals surface area contributed by atoms with Crippen LogP contribution in [0.3, 0.4) is 0 Å². The van der Waals surface area contributed by atoms with Crippen molar-refractivity contribution in [1.29, 1.82) is 0 Å². The van der Waals surface area contributed by atoms with Gasteiger partial charge >= 0.3 is 0 Å². The van der Waals surface area contributed by atoms with Crippen LogP contribution in [-0.2, 0) is 6.42 Å². The van der Waals surface area contributed by atoms with Crippen LogP contribution in [0.4, 0.5) is 0 Å². The predicted octanol–water partition coefficient (Wildman–Crippen LogP) is 5.74. The van der Waals surface area contributed by atoms with Gasteiger partial charge in [0.15, 0.2) is 0 Å². The van der Waals surface area contributed by atoms with E-state index in [1.807, 2.05) is 24.3 Å². The van der Waals surface area contributed by atoms with Crippen molar-refractivity contribution in [3.63, 3.8) is 0 Å². The largest absolute Gasteiger partial charge is 0.508 e. The summed E-state index contributed by atoms with van der Waals surface area (Å²) < 4.78 is 0. The summed E-state index contributed by atoms with van der Waals surface area (Å²) in [5.41, 5.74) is 5.63. The summed E-state index contributed by atoms with van der Waals surface area (Å²) in [5.74, 6) is 0.215. The van der Waals surface area contributed by atoms with Gasteiger partial charge in [0, 0.05) is 17.5 Å². The molecule has 5 N–H and O–H groups in total. The molecule has 0 fully saturated rings. The molecule has 0 heterocycles. The van der Waals surface area contributed by atoms with E-state index in [4.69, 9.17) is 0 Å². The molecule has 0 aromatic heterocycles. The normalized spacial score (nSPS) is 14.7. The maximum Gasteiger partial charge on any atom is 0.127 e. The van der Waals surface area contributed by atoms with Crippen molar-refractivity contribution in [2.45, 2.75) is 12.3 Å². The van der Waals surface area contributed by atoms with Crippen molar-refractivity contribution in [2.24, 2.45) is 0 Å². The van der Waals surface area contributed by atoms with Crippen molar-refractivity contribution < 1.29 is 25.5 Å². The molecule has 0 spiro atoms. The summed E-state index contributed by atoms with van der Waals surface area (Å²) in [4.78, 5) is 0. The highest BCUT2D eigenvalue weighted by molar-refractivity contribution is 5.86. The predicted molar refractivity (Wildman–Crippen MR) is 128 cm³/mol. The molecule has 1 aliphatic carbocycles. The van der Waals surface area contributed by atoms with Crippen LogP contribution in [0.15, 0.2) is 72.8 Å².